The summed E-state index contributed by atoms with van der Waals surface area (Å²) in [5, 5.41) is 11.6. The number of fused-ring (bicyclic) bond motifs is 1. The first-order valence-corrected chi connectivity index (χ1v) is 7.66. The molecule has 0 fully saturated rings. The van der Waals surface area contributed by atoms with Gasteiger partial charge in [-0.05, 0) is 18.2 Å². The molecule has 0 radical (unpaired) electrons. The largest absolute Gasteiger partial charge is 0.493 e. The predicted molar refractivity (Wildman–Crippen MR) is 90.6 cm³/mol. The van der Waals surface area contributed by atoms with Crippen molar-refractivity contribution in [2.45, 2.75) is 6.61 Å². The Morgan fingerprint density at radius 3 is 2.69 bits per heavy atom. The molecule has 0 amide bonds. The maximum absolute atomic E-state index is 14.3. The Hall–Kier alpha value is -3.00. The Morgan fingerprint density at radius 2 is 2.00 bits per heavy atom. The van der Waals surface area contributed by atoms with Gasteiger partial charge >= 0.3 is 5.69 Å². The van der Waals surface area contributed by atoms with Gasteiger partial charge in [-0.25, -0.2) is 4.39 Å². The fourth-order valence-corrected chi connectivity index (χ4v) is 2.70. The van der Waals surface area contributed by atoms with Crippen LogP contribution in [0.15, 0.2) is 36.5 Å². The lowest BCUT2D eigenvalue weighted by molar-refractivity contribution is -0.387. The zero-order valence-electron chi connectivity index (χ0n) is 13.3. The lowest BCUT2D eigenvalue weighted by atomic mass is 10.1. The molecule has 134 valence electrons. The van der Waals surface area contributed by atoms with E-state index in [0.29, 0.717) is 10.9 Å². The quantitative estimate of drug-likeness (QED) is 0.475. The van der Waals surface area contributed by atoms with E-state index in [1.165, 1.54) is 13.3 Å². The van der Waals surface area contributed by atoms with Crippen LogP contribution in [-0.2, 0) is 6.61 Å². The molecule has 1 heterocycles. The number of rotatable bonds is 5. The normalized spacial score (nSPS) is 10.8. The average molecular weight is 381 g/mol. The second-order valence-electron chi connectivity index (χ2n) is 5.22. The first-order chi connectivity index (χ1) is 12.4. The van der Waals surface area contributed by atoms with Crippen LogP contribution in [-0.4, -0.2) is 17.0 Å². The van der Waals surface area contributed by atoms with Gasteiger partial charge in [0.2, 0.25) is 5.82 Å². The monoisotopic (exact) mass is 380 g/mol. The fraction of sp³-hybridized carbons (Fsp3) is 0.118. The van der Waals surface area contributed by atoms with Gasteiger partial charge < -0.3 is 9.47 Å². The van der Waals surface area contributed by atoms with Crippen molar-refractivity contribution in [3.8, 4) is 11.5 Å². The molecule has 0 unspecified atom stereocenters. The van der Waals surface area contributed by atoms with E-state index in [0.717, 1.165) is 18.2 Å². The number of nitrogens with zero attached hydrogens (tertiary/aromatic N) is 2. The molecule has 0 N–H and O–H groups in total. The summed E-state index contributed by atoms with van der Waals surface area (Å²) in [6.45, 7) is -0.310. The number of aromatic nitrogens is 1. The summed E-state index contributed by atoms with van der Waals surface area (Å²) in [7, 11) is 1.26. The summed E-state index contributed by atoms with van der Waals surface area (Å²) in [6, 6.07) is 6.19. The van der Waals surface area contributed by atoms with Crippen molar-refractivity contribution in [3.05, 3.63) is 68.9 Å². The molecule has 0 atom stereocenters. The highest BCUT2D eigenvalue weighted by molar-refractivity contribution is 6.35. The molecule has 0 aliphatic rings. The van der Waals surface area contributed by atoms with Crippen LogP contribution in [0.4, 0.5) is 14.5 Å². The molecule has 0 spiro atoms. The first kappa shape index (κ1) is 17.8. The van der Waals surface area contributed by atoms with E-state index in [1.807, 2.05) is 0 Å². The number of nitro groups is 1. The van der Waals surface area contributed by atoms with E-state index in [9.17, 15) is 18.9 Å². The minimum atomic E-state index is -1.07. The molecule has 9 heteroatoms. The van der Waals surface area contributed by atoms with Gasteiger partial charge in [0.25, 0.3) is 0 Å². The van der Waals surface area contributed by atoms with E-state index < -0.39 is 22.2 Å². The lowest BCUT2D eigenvalue weighted by Gasteiger charge is -2.13. The van der Waals surface area contributed by atoms with Crippen molar-refractivity contribution in [2.24, 2.45) is 0 Å². The summed E-state index contributed by atoms with van der Waals surface area (Å²) in [4.78, 5) is 14.1. The topological polar surface area (TPSA) is 74.5 Å². The fourth-order valence-electron chi connectivity index (χ4n) is 2.45. The van der Waals surface area contributed by atoms with Gasteiger partial charge in [0.15, 0.2) is 11.5 Å². The molecule has 0 aliphatic carbocycles. The Labute approximate surface area is 151 Å². The second-order valence-corrected chi connectivity index (χ2v) is 5.63. The zero-order valence-corrected chi connectivity index (χ0v) is 14.1. The SMILES string of the molecule is COc1cc(F)c([N+](=O)[O-])cc1OCc1c(F)cc(Cl)c2cccnc12. The van der Waals surface area contributed by atoms with E-state index >= 15 is 0 Å². The van der Waals surface area contributed by atoms with Crippen molar-refractivity contribution in [3.63, 3.8) is 0 Å². The molecule has 1 aromatic heterocycles. The van der Waals surface area contributed by atoms with E-state index in [4.69, 9.17) is 21.1 Å². The molecule has 0 aliphatic heterocycles. The van der Waals surface area contributed by atoms with Crippen LogP contribution in [0.2, 0.25) is 5.02 Å². The highest BCUT2D eigenvalue weighted by Gasteiger charge is 2.21. The predicted octanol–water partition coefficient (Wildman–Crippen LogP) is 4.66. The highest BCUT2D eigenvalue weighted by atomic mass is 35.5. The van der Waals surface area contributed by atoms with Crippen LogP contribution in [0.5, 0.6) is 11.5 Å². The van der Waals surface area contributed by atoms with E-state index in [1.54, 1.807) is 12.1 Å². The summed E-state index contributed by atoms with van der Waals surface area (Å²) in [6.07, 6.45) is 1.48. The van der Waals surface area contributed by atoms with Crippen molar-refractivity contribution in [1.29, 1.82) is 0 Å². The number of pyridine rings is 1. The van der Waals surface area contributed by atoms with Crippen LogP contribution in [0.3, 0.4) is 0 Å². The van der Waals surface area contributed by atoms with Crippen LogP contribution in [0.1, 0.15) is 5.56 Å². The summed E-state index contributed by atoms with van der Waals surface area (Å²) in [5.41, 5.74) is -0.368. The van der Waals surface area contributed by atoms with Crippen LogP contribution in [0, 0.1) is 21.7 Å². The Kier molecular flexibility index (Phi) is 4.85. The smallest absolute Gasteiger partial charge is 0.308 e. The molecular weight excluding hydrogens is 370 g/mol. The molecule has 3 rings (SSSR count). The molecule has 26 heavy (non-hydrogen) atoms. The van der Waals surface area contributed by atoms with Gasteiger partial charge in [-0.1, -0.05) is 11.6 Å². The zero-order chi connectivity index (χ0) is 18.8. The molecule has 0 saturated carbocycles. The standard InChI is InChI=1S/C17H11ClF2N2O4/c1-25-15-6-13(20)14(22(23)24)7-16(15)26-8-10-12(19)5-11(18)9-3-2-4-21-17(9)10/h2-7H,8H2,1H3. The highest BCUT2D eigenvalue weighted by Crippen LogP contribution is 2.35. The Balaban J connectivity index is 2.01. The minimum Gasteiger partial charge on any atom is -0.493 e. The third kappa shape index (κ3) is 3.23. The molecule has 0 saturated heterocycles. The van der Waals surface area contributed by atoms with Gasteiger partial charge in [0.1, 0.15) is 12.4 Å². The Bertz CT molecular complexity index is 1010. The average Bonchev–Trinajstić information content (AvgIpc) is 2.61. The molecule has 6 nitrogen and oxygen atoms in total. The first-order valence-electron chi connectivity index (χ1n) is 7.28. The minimum absolute atomic E-state index is 0.0558. The van der Waals surface area contributed by atoms with E-state index in [-0.39, 0.29) is 28.7 Å². The third-order valence-electron chi connectivity index (χ3n) is 3.69. The third-order valence-corrected chi connectivity index (χ3v) is 4.01. The maximum atomic E-state index is 14.3. The summed E-state index contributed by atoms with van der Waals surface area (Å²) < 4.78 is 38.5. The van der Waals surface area contributed by atoms with Gasteiger partial charge in [-0.2, -0.15) is 4.39 Å². The van der Waals surface area contributed by atoms with Gasteiger partial charge in [0.05, 0.1) is 34.2 Å². The lowest BCUT2D eigenvalue weighted by Crippen LogP contribution is -2.04. The number of nitro benzene ring substituents is 1. The number of halogens is 3. The van der Waals surface area contributed by atoms with Crippen molar-refractivity contribution in [1.82, 2.24) is 4.98 Å². The van der Waals surface area contributed by atoms with Crippen molar-refractivity contribution in [2.75, 3.05) is 7.11 Å². The number of ether oxygens (including phenoxy) is 2. The van der Waals surface area contributed by atoms with Gasteiger partial charge in [-0.3, -0.25) is 15.1 Å². The van der Waals surface area contributed by atoms with Crippen LogP contribution in [0.25, 0.3) is 10.9 Å². The molecular formula is C17H11ClF2N2O4. The van der Waals surface area contributed by atoms with Crippen LogP contribution >= 0.6 is 11.6 Å². The van der Waals surface area contributed by atoms with Gasteiger partial charge in [-0.15, -0.1) is 0 Å². The second kappa shape index (κ2) is 7.09. The van der Waals surface area contributed by atoms with Gasteiger partial charge in [0, 0.05) is 17.6 Å². The number of hydrogen-bond donors (Lipinski definition) is 0. The summed E-state index contributed by atoms with van der Waals surface area (Å²) >= 11 is 6.01. The maximum Gasteiger partial charge on any atom is 0.308 e. The molecule has 0 bridgehead atoms. The van der Waals surface area contributed by atoms with E-state index in [2.05, 4.69) is 4.98 Å². The van der Waals surface area contributed by atoms with Crippen molar-refractivity contribution < 1.29 is 23.2 Å². The number of benzene rings is 2. The molecule has 2 aromatic carbocycles. The molecule has 3 aromatic rings. The number of hydrogen-bond acceptors (Lipinski definition) is 5. The summed E-state index contributed by atoms with van der Waals surface area (Å²) in [5.74, 6) is -1.86. The van der Waals surface area contributed by atoms with Crippen molar-refractivity contribution >= 4 is 28.2 Å². The number of methoxy groups -OCH3 is 1. The van der Waals surface area contributed by atoms with Crippen LogP contribution < -0.4 is 9.47 Å². The Morgan fingerprint density at radius 1 is 1.23 bits per heavy atom.